The highest BCUT2D eigenvalue weighted by Gasteiger charge is 2.23. The first kappa shape index (κ1) is 6.29. The van der Waals surface area contributed by atoms with Gasteiger partial charge in [-0.3, -0.25) is 0 Å². The fourth-order valence-corrected chi connectivity index (χ4v) is 2.53. The van der Waals surface area contributed by atoms with Crippen molar-refractivity contribution in [3.05, 3.63) is 34.3 Å². The van der Waals surface area contributed by atoms with E-state index in [9.17, 15) is 0 Å². The molecule has 1 heterocycles. The summed E-state index contributed by atoms with van der Waals surface area (Å²) in [6.07, 6.45) is 6.54. The molecule has 1 atom stereocenters. The van der Waals surface area contributed by atoms with E-state index in [2.05, 4.69) is 32.1 Å². The molecule has 52 valence electrons. The molecule has 0 fully saturated rings. The van der Waals surface area contributed by atoms with Crippen LogP contribution in [0, 0.1) is 0 Å². The molecule has 0 saturated carbocycles. The summed E-state index contributed by atoms with van der Waals surface area (Å²) in [5.41, 5.74) is 3.00. The molecule has 0 bridgehead atoms. The predicted octanol–water partition coefficient (Wildman–Crippen LogP) is 2.89. The van der Waals surface area contributed by atoms with Gasteiger partial charge in [-0.1, -0.05) is 17.7 Å². The lowest BCUT2D eigenvalue weighted by molar-refractivity contribution is 1.13. The monoisotopic (exact) mass is 150 g/mol. The van der Waals surface area contributed by atoms with Crippen LogP contribution in [-0.2, 0) is 0 Å². The molecule has 2 aliphatic rings. The third-order valence-electron chi connectivity index (χ3n) is 2.11. The molecule has 0 saturated heterocycles. The van der Waals surface area contributed by atoms with Gasteiger partial charge in [0.05, 0.1) is 0 Å². The smallest absolute Gasteiger partial charge is 0.0282 e. The van der Waals surface area contributed by atoms with Crippen LogP contribution in [0.4, 0.5) is 0 Å². The molecule has 0 amide bonds. The van der Waals surface area contributed by atoms with Gasteiger partial charge >= 0.3 is 0 Å². The Kier molecular flexibility index (Phi) is 1.27. The minimum atomic E-state index is 0.700. The number of allylic oxidation sites excluding steroid dienone is 4. The minimum absolute atomic E-state index is 0.700. The standard InChI is InChI=1S/C9H10S/c1-6-7(2)10-9-5-3-4-8(6)9/h3-5,7H,1-2H3. The van der Waals surface area contributed by atoms with E-state index in [1.807, 2.05) is 11.8 Å². The summed E-state index contributed by atoms with van der Waals surface area (Å²) in [6, 6.07) is 0. The molecular formula is C9H10S. The van der Waals surface area contributed by atoms with E-state index < -0.39 is 0 Å². The summed E-state index contributed by atoms with van der Waals surface area (Å²) in [7, 11) is 0. The van der Waals surface area contributed by atoms with Gasteiger partial charge in [-0.15, -0.1) is 11.8 Å². The fourth-order valence-electron chi connectivity index (χ4n) is 1.33. The Balaban J connectivity index is 2.49. The highest BCUT2D eigenvalue weighted by molar-refractivity contribution is 8.04. The number of hydrogen-bond acceptors (Lipinski definition) is 1. The number of hydrogen-bond donors (Lipinski definition) is 0. The zero-order valence-electron chi connectivity index (χ0n) is 6.22. The summed E-state index contributed by atoms with van der Waals surface area (Å²) in [4.78, 5) is 1.46. The molecule has 0 aromatic heterocycles. The Morgan fingerprint density at radius 3 is 3.00 bits per heavy atom. The van der Waals surface area contributed by atoms with E-state index in [4.69, 9.17) is 0 Å². The maximum absolute atomic E-state index is 2.26. The molecule has 1 aliphatic carbocycles. The highest BCUT2D eigenvalue weighted by atomic mass is 32.2. The number of fused-ring (bicyclic) bond motifs is 1. The summed E-state index contributed by atoms with van der Waals surface area (Å²) in [5, 5.41) is 0.700. The lowest BCUT2D eigenvalue weighted by Crippen LogP contribution is -1.90. The van der Waals surface area contributed by atoms with Crippen molar-refractivity contribution in [3.8, 4) is 0 Å². The Hall–Kier alpha value is -0.430. The van der Waals surface area contributed by atoms with Crippen molar-refractivity contribution in [1.29, 1.82) is 0 Å². The first-order chi connectivity index (χ1) is 4.79. The van der Waals surface area contributed by atoms with Crippen molar-refractivity contribution in [3.63, 3.8) is 0 Å². The summed E-state index contributed by atoms with van der Waals surface area (Å²) >= 11 is 1.97. The zero-order chi connectivity index (χ0) is 7.14. The molecule has 0 aromatic rings. The van der Waals surface area contributed by atoms with Crippen molar-refractivity contribution in [2.24, 2.45) is 0 Å². The van der Waals surface area contributed by atoms with E-state index in [0.29, 0.717) is 5.25 Å². The third-order valence-corrected chi connectivity index (χ3v) is 3.43. The van der Waals surface area contributed by atoms with Gasteiger partial charge in [-0.05, 0) is 25.5 Å². The highest BCUT2D eigenvalue weighted by Crippen LogP contribution is 2.44. The normalized spacial score (nSPS) is 29.4. The molecule has 10 heavy (non-hydrogen) atoms. The fraction of sp³-hybridized carbons (Fsp3) is 0.333. The first-order valence-electron chi connectivity index (χ1n) is 3.55. The van der Waals surface area contributed by atoms with Crippen molar-refractivity contribution in [1.82, 2.24) is 0 Å². The van der Waals surface area contributed by atoms with Crippen LogP contribution < -0.4 is 0 Å². The van der Waals surface area contributed by atoms with Crippen LogP contribution in [0.5, 0.6) is 0 Å². The van der Waals surface area contributed by atoms with E-state index in [0.717, 1.165) is 0 Å². The van der Waals surface area contributed by atoms with E-state index in [-0.39, 0.29) is 0 Å². The minimum Gasteiger partial charge on any atom is -0.118 e. The average molecular weight is 150 g/mol. The molecule has 2 rings (SSSR count). The molecular weight excluding hydrogens is 140 g/mol. The maximum Gasteiger partial charge on any atom is 0.0282 e. The second-order valence-corrected chi connectivity index (χ2v) is 4.13. The van der Waals surface area contributed by atoms with Gasteiger partial charge < -0.3 is 0 Å². The molecule has 1 aliphatic heterocycles. The Morgan fingerprint density at radius 2 is 2.30 bits per heavy atom. The second-order valence-electron chi connectivity index (χ2n) is 2.75. The van der Waals surface area contributed by atoms with Gasteiger partial charge in [0.1, 0.15) is 0 Å². The lowest BCUT2D eigenvalue weighted by atomic mass is 10.1. The largest absolute Gasteiger partial charge is 0.118 e. The summed E-state index contributed by atoms with van der Waals surface area (Å²) < 4.78 is 0. The molecule has 0 radical (unpaired) electrons. The van der Waals surface area contributed by atoms with Gasteiger partial charge in [0.2, 0.25) is 0 Å². The van der Waals surface area contributed by atoms with Crippen LogP contribution in [0.1, 0.15) is 13.8 Å². The topological polar surface area (TPSA) is 0 Å². The predicted molar refractivity (Wildman–Crippen MR) is 47.0 cm³/mol. The van der Waals surface area contributed by atoms with E-state index in [1.165, 1.54) is 16.1 Å². The maximum atomic E-state index is 2.26. The molecule has 0 aromatic carbocycles. The number of rotatable bonds is 0. The Labute approximate surface area is 65.7 Å². The van der Waals surface area contributed by atoms with Crippen LogP contribution in [0.25, 0.3) is 0 Å². The zero-order valence-corrected chi connectivity index (χ0v) is 7.03. The SMILES string of the molecule is CC1=C2C=CC=C2SC1C. The van der Waals surface area contributed by atoms with Crippen molar-refractivity contribution in [2.75, 3.05) is 0 Å². The van der Waals surface area contributed by atoms with Crippen molar-refractivity contribution < 1.29 is 0 Å². The summed E-state index contributed by atoms with van der Waals surface area (Å²) in [6.45, 7) is 4.49. The van der Waals surface area contributed by atoms with Gasteiger partial charge in [0.25, 0.3) is 0 Å². The van der Waals surface area contributed by atoms with Crippen LogP contribution in [0.3, 0.4) is 0 Å². The van der Waals surface area contributed by atoms with Crippen LogP contribution >= 0.6 is 11.8 Å². The molecule has 0 spiro atoms. The summed E-state index contributed by atoms with van der Waals surface area (Å²) in [5.74, 6) is 0. The van der Waals surface area contributed by atoms with Crippen molar-refractivity contribution in [2.45, 2.75) is 19.1 Å². The molecule has 0 nitrogen and oxygen atoms in total. The lowest BCUT2D eigenvalue weighted by Gasteiger charge is -1.99. The van der Waals surface area contributed by atoms with E-state index in [1.54, 1.807) is 0 Å². The third kappa shape index (κ3) is 0.702. The average Bonchev–Trinajstić information content (AvgIpc) is 2.41. The number of thioether (sulfide) groups is 1. The van der Waals surface area contributed by atoms with Crippen molar-refractivity contribution >= 4 is 11.8 Å². The van der Waals surface area contributed by atoms with Crippen LogP contribution in [0.15, 0.2) is 34.3 Å². The second kappa shape index (κ2) is 2.03. The van der Waals surface area contributed by atoms with Crippen LogP contribution in [-0.4, -0.2) is 5.25 Å². The Bertz CT molecular complexity index is 256. The quantitative estimate of drug-likeness (QED) is 0.511. The molecule has 0 N–H and O–H groups in total. The molecule has 1 unspecified atom stereocenters. The molecule has 1 heteroatoms. The Morgan fingerprint density at radius 1 is 1.50 bits per heavy atom. The van der Waals surface area contributed by atoms with Gasteiger partial charge in [-0.2, -0.15) is 0 Å². The van der Waals surface area contributed by atoms with Crippen LogP contribution in [0.2, 0.25) is 0 Å². The van der Waals surface area contributed by atoms with Gasteiger partial charge in [0.15, 0.2) is 0 Å². The van der Waals surface area contributed by atoms with E-state index >= 15 is 0 Å². The first-order valence-corrected chi connectivity index (χ1v) is 4.43. The van der Waals surface area contributed by atoms with Gasteiger partial charge in [-0.25, -0.2) is 0 Å². The van der Waals surface area contributed by atoms with Gasteiger partial charge in [0, 0.05) is 10.2 Å².